The van der Waals surface area contributed by atoms with Gasteiger partial charge in [0.15, 0.2) is 0 Å². The maximum atomic E-state index is 5.17. The zero-order valence-corrected chi connectivity index (χ0v) is 14.2. The van der Waals surface area contributed by atoms with Crippen LogP contribution in [0.4, 0.5) is 5.13 Å². The molecule has 4 nitrogen and oxygen atoms in total. The molecule has 0 saturated heterocycles. The Balaban J connectivity index is 1.94. The van der Waals surface area contributed by atoms with E-state index in [4.69, 9.17) is 4.74 Å². The van der Waals surface area contributed by atoms with Crippen LogP contribution in [0.15, 0.2) is 34.7 Å². The van der Waals surface area contributed by atoms with Crippen molar-refractivity contribution in [3.05, 3.63) is 29.6 Å². The molecule has 118 valence electrons. The number of benzene rings is 1. The van der Waals surface area contributed by atoms with Crippen LogP contribution in [0.3, 0.4) is 0 Å². The van der Waals surface area contributed by atoms with Gasteiger partial charge in [-0.05, 0) is 44.0 Å². The summed E-state index contributed by atoms with van der Waals surface area (Å²) in [6, 6.07) is 7.91. The summed E-state index contributed by atoms with van der Waals surface area (Å²) in [7, 11) is 1.67. The third kappa shape index (κ3) is 4.84. The van der Waals surface area contributed by atoms with Crippen molar-refractivity contribution in [1.82, 2.24) is 4.98 Å². The minimum Gasteiger partial charge on any atom is -0.497 e. The van der Waals surface area contributed by atoms with Crippen molar-refractivity contribution in [3.8, 4) is 17.0 Å². The number of ether oxygens (including phenoxy) is 1. The van der Waals surface area contributed by atoms with Crippen LogP contribution < -0.4 is 10.2 Å². The number of hydrazone groups is 1. The fraction of sp³-hybridized carbons (Fsp3) is 0.412. The molecule has 1 aromatic carbocycles. The molecule has 2 aromatic rings. The van der Waals surface area contributed by atoms with Gasteiger partial charge in [-0.15, -0.1) is 11.3 Å². The molecule has 0 unspecified atom stereocenters. The minimum atomic E-state index is 0.820. The summed E-state index contributed by atoms with van der Waals surface area (Å²) in [6.45, 7) is 4.27. The van der Waals surface area contributed by atoms with Gasteiger partial charge in [-0.25, -0.2) is 4.98 Å². The van der Waals surface area contributed by atoms with Crippen LogP contribution in [0.5, 0.6) is 5.75 Å². The number of hydrogen-bond acceptors (Lipinski definition) is 5. The summed E-state index contributed by atoms with van der Waals surface area (Å²) >= 11 is 1.56. The summed E-state index contributed by atoms with van der Waals surface area (Å²) in [6.07, 6.45) is 4.73. The monoisotopic (exact) mass is 317 g/mol. The standard InChI is InChI=1S/C17H23N3OS/c1-4-5-6-7-13(2)19-20-17-18-16(12-22-17)14-8-10-15(21-3)11-9-14/h8-12H,4-7H2,1-3H3,(H,18,20)/b19-13+. The second kappa shape index (κ2) is 8.54. The molecule has 0 radical (unpaired) electrons. The van der Waals surface area contributed by atoms with E-state index in [1.54, 1.807) is 18.4 Å². The van der Waals surface area contributed by atoms with E-state index in [9.17, 15) is 0 Å². The Kier molecular flexibility index (Phi) is 6.40. The molecular formula is C17H23N3OS. The maximum absolute atomic E-state index is 5.17. The number of unbranched alkanes of at least 4 members (excludes halogenated alkanes) is 2. The van der Waals surface area contributed by atoms with Gasteiger partial charge in [0.25, 0.3) is 0 Å². The SMILES string of the molecule is CCCCC/C(C)=N/Nc1nc(-c2ccc(OC)cc2)cs1. The third-order valence-electron chi connectivity index (χ3n) is 3.37. The van der Waals surface area contributed by atoms with Gasteiger partial charge < -0.3 is 4.74 Å². The molecule has 1 N–H and O–H groups in total. The number of aromatic nitrogens is 1. The van der Waals surface area contributed by atoms with E-state index in [-0.39, 0.29) is 0 Å². The van der Waals surface area contributed by atoms with Crippen molar-refractivity contribution < 1.29 is 4.74 Å². The largest absolute Gasteiger partial charge is 0.497 e. The van der Waals surface area contributed by atoms with Crippen LogP contribution in [0, 0.1) is 0 Å². The van der Waals surface area contributed by atoms with E-state index in [0.717, 1.165) is 34.3 Å². The maximum Gasteiger partial charge on any atom is 0.203 e. The van der Waals surface area contributed by atoms with E-state index in [1.807, 2.05) is 29.6 Å². The molecular weight excluding hydrogens is 294 g/mol. The van der Waals surface area contributed by atoms with E-state index < -0.39 is 0 Å². The number of nitrogens with one attached hydrogen (secondary N) is 1. The molecule has 1 aromatic heterocycles. The lowest BCUT2D eigenvalue weighted by Gasteiger charge is -2.01. The zero-order chi connectivity index (χ0) is 15.8. The van der Waals surface area contributed by atoms with Crippen LogP contribution in [0.1, 0.15) is 39.5 Å². The van der Waals surface area contributed by atoms with Gasteiger partial charge in [-0.3, -0.25) is 5.43 Å². The van der Waals surface area contributed by atoms with Gasteiger partial charge in [0, 0.05) is 16.7 Å². The van der Waals surface area contributed by atoms with Crippen molar-refractivity contribution >= 4 is 22.2 Å². The highest BCUT2D eigenvalue weighted by atomic mass is 32.1. The predicted octanol–water partition coefficient (Wildman–Crippen LogP) is 5.19. The van der Waals surface area contributed by atoms with Crippen molar-refractivity contribution in [1.29, 1.82) is 0 Å². The first kappa shape index (κ1) is 16.5. The van der Waals surface area contributed by atoms with Gasteiger partial charge in [0.1, 0.15) is 5.75 Å². The van der Waals surface area contributed by atoms with Crippen molar-refractivity contribution in [2.24, 2.45) is 5.10 Å². The second-order valence-corrected chi connectivity index (χ2v) is 6.04. The summed E-state index contributed by atoms with van der Waals surface area (Å²) in [4.78, 5) is 4.56. The first-order valence-corrected chi connectivity index (χ1v) is 8.50. The van der Waals surface area contributed by atoms with Crippen LogP contribution >= 0.6 is 11.3 Å². The molecule has 0 bridgehead atoms. The fourth-order valence-electron chi connectivity index (χ4n) is 2.05. The van der Waals surface area contributed by atoms with Crippen LogP contribution in [0.2, 0.25) is 0 Å². The van der Waals surface area contributed by atoms with Gasteiger partial charge in [-0.1, -0.05) is 19.8 Å². The van der Waals surface area contributed by atoms with Gasteiger partial charge in [0.05, 0.1) is 12.8 Å². The van der Waals surface area contributed by atoms with Gasteiger partial charge in [0.2, 0.25) is 5.13 Å². The summed E-state index contributed by atoms with van der Waals surface area (Å²) in [5.74, 6) is 0.852. The lowest BCUT2D eigenvalue weighted by atomic mass is 10.1. The topological polar surface area (TPSA) is 46.5 Å². The summed E-state index contributed by atoms with van der Waals surface area (Å²) in [5.41, 5.74) is 6.21. The van der Waals surface area contributed by atoms with Crippen LogP contribution in [-0.2, 0) is 0 Å². The first-order valence-electron chi connectivity index (χ1n) is 7.62. The fourth-order valence-corrected chi connectivity index (χ4v) is 2.71. The quantitative estimate of drug-likeness (QED) is 0.414. The number of nitrogens with zero attached hydrogens (tertiary/aromatic N) is 2. The highest BCUT2D eigenvalue weighted by Gasteiger charge is 2.04. The molecule has 0 aliphatic rings. The molecule has 2 rings (SSSR count). The molecule has 1 heterocycles. The average molecular weight is 317 g/mol. The van der Waals surface area contributed by atoms with Crippen molar-refractivity contribution in [2.75, 3.05) is 12.5 Å². The van der Waals surface area contributed by atoms with E-state index in [2.05, 4.69) is 29.4 Å². The number of methoxy groups -OCH3 is 1. The predicted molar refractivity (Wildman–Crippen MR) is 95.0 cm³/mol. The Labute approximate surface area is 136 Å². The molecule has 0 spiro atoms. The van der Waals surface area contributed by atoms with Crippen molar-refractivity contribution in [2.45, 2.75) is 39.5 Å². The van der Waals surface area contributed by atoms with Crippen LogP contribution in [0.25, 0.3) is 11.3 Å². The molecule has 0 amide bonds. The molecule has 0 saturated carbocycles. The summed E-state index contributed by atoms with van der Waals surface area (Å²) in [5, 5.41) is 7.25. The molecule has 0 aliphatic heterocycles. The van der Waals surface area contributed by atoms with E-state index in [1.165, 1.54) is 19.3 Å². The van der Waals surface area contributed by atoms with Crippen molar-refractivity contribution in [3.63, 3.8) is 0 Å². The Morgan fingerprint density at radius 3 is 2.73 bits per heavy atom. The van der Waals surface area contributed by atoms with Gasteiger partial charge in [-0.2, -0.15) is 5.10 Å². The Morgan fingerprint density at radius 2 is 2.05 bits per heavy atom. The highest BCUT2D eigenvalue weighted by molar-refractivity contribution is 7.14. The first-order chi connectivity index (χ1) is 10.7. The molecule has 0 aliphatic carbocycles. The Morgan fingerprint density at radius 1 is 1.27 bits per heavy atom. The third-order valence-corrected chi connectivity index (χ3v) is 4.12. The Hall–Kier alpha value is -1.88. The summed E-state index contributed by atoms with van der Waals surface area (Å²) < 4.78 is 5.17. The van der Waals surface area contributed by atoms with Crippen LogP contribution in [-0.4, -0.2) is 17.8 Å². The van der Waals surface area contributed by atoms with Gasteiger partial charge >= 0.3 is 0 Å². The van der Waals surface area contributed by atoms with E-state index >= 15 is 0 Å². The average Bonchev–Trinajstić information content (AvgIpc) is 3.02. The normalized spacial score (nSPS) is 11.5. The number of rotatable bonds is 8. The lowest BCUT2D eigenvalue weighted by molar-refractivity contribution is 0.415. The lowest BCUT2D eigenvalue weighted by Crippen LogP contribution is -1.97. The second-order valence-electron chi connectivity index (χ2n) is 5.18. The Bertz CT molecular complexity index is 605. The number of hydrogen-bond donors (Lipinski definition) is 1. The van der Waals surface area contributed by atoms with E-state index in [0.29, 0.717) is 0 Å². The highest BCUT2D eigenvalue weighted by Crippen LogP contribution is 2.26. The smallest absolute Gasteiger partial charge is 0.203 e. The number of anilines is 1. The molecule has 0 atom stereocenters. The molecule has 0 fully saturated rings. The minimum absolute atomic E-state index is 0.820. The molecule has 22 heavy (non-hydrogen) atoms. The zero-order valence-electron chi connectivity index (χ0n) is 13.4. The number of thiazole rings is 1. The molecule has 5 heteroatoms.